The standard InChI is InChI=1S/C20H20ClNO4/c1-3-25-18-10-5-4-7-15(18)11-12-20(24)26-13-19(23)22-17-9-6-8-16(21)14(17)2/h4-12H,3,13H2,1-2H3,(H,22,23)/b12-11+. The van der Waals surface area contributed by atoms with Crippen LogP contribution in [0.25, 0.3) is 6.08 Å². The van der Waals surface area contributed by atoms with Crippen molar-refractivity contribution in [3.05, 3.63) is 64.7 Å². The molecular weight excluding hydrogens is 354 g/mol. The molecule has 0 unspecified atom stereocenters. The second-order valence-electron chi connectivity index (χ2n) is 5.37. The second kappa shape index (κ2) is 9.63. The maximum absolute atomic E-state index is 11.9. The first-order valence-corrected chi connectivity index (χ1v) is 8.50. The Labute approximate surface area is 157 Å². The molecule has 136 valence electrons. The van der Waals surface area contributed by atoms with Crippen molar-refractivity contribution in [1.29, 1.82) is 0 Å². The van der Waals surface area contributed by atoms with Crippen molar-refractivity contribution in [2.24, 2.45) is 0 Å². The Morgan fingerprint density at radius 3 is 2.69 bits per heavy atom. The number of esters is 1. The third-order valence-electron chi connectivity index (χ3n) is 3.51. The Morgan fingerprint density at radius 2 is 1.92 bits per heavy atom. The van der Waals surface area contributed by atoms with E-state index in [0.717, 1.165) is 11.1 Å². The molecule has 0 aliphatic rings. The molecule has 2 aromatic carbocycles. The number of carbonyl (C=O) groups is 2. The predicted molar refractivity (Wildman–Crippen MR) is 102 cm³/mol. The van der Waals surface area contributed by atoms with Gasteiger partial charge >= 0.3 is 5.97 Å². The average molecular weight is 374 g/mol. The molecule has 26 heavy (non-hydrogen) atoms. The zero-order valence-electron chi connectivity index (χ0n) is 14.6. The third-order valence-corrected chi connectivity index (χ3v) is 3.91. The Balaban J connectivity index is 1.88. The molecule has 0 bridgehead atoms. The van der Waals surface area contributed by atoms with Crippen LogP contribution in [0.1, 0.15) is 18.1 Å². The minimum atomic E-state index is -0.616. The number of ether oxygens (including phenoxy) is 2. The van der Waals surface area contributed by atoms with Crippen molar-refractivity contribution in [3.8, 4) is 5.75 Å². The van der Waals surface area contributed by atoms with Gasteiger partial charge in [0.1, 0.15) is 5.75 Å². The highest BCUT2D eigenvalue weighted by atomic mass is 35.5. The normalized spacial score (nSPS) is 10.6. The molecule has 0 saturated carbocycles. The highest BCUT2D eigenvalue weighted by Gasteiger charge is 2.09. The SMILES string of the molecule is CCOc1ccccc1/C=C/C(=O)OCC(=O)Nc1cccc(Cl)c1C. The van der Waals surface area contributed by atoms with Crippen molar-refractivity contribution < 1.29 is 19.1 Å². The van der Waals surface area contributed by atoms with E-state index in [-0.39, 0.29) is 6.61 Å². The van der Waals surface area contributed by atoms with Crippen molar-refractivity contribution in [2.45, 2.75) is 13.8 Å². The van der Waals surface area contributed by atoms with E-state index in [1.807, 2.05) is 31.2 Å². The number of amides is 1. The van der Waals surface area contributed by atoms with E-state index in [1.165, 1.54) is 6.08 Å². The summed E-state index contributed by atoms with van der Waals surface area (Å²) in [5, 5.41) is 3.21. The molecule has 2 aromatic rings. The van der Waals surface area contributed by atoms with Crippen LogP contribution in [0.4, 0.5) is 5.69 Å². The van der Waals surface area contributed by atoms with E-state index in [1.54, 1.807) is 31.2 Å². The first kappa shape index (κ1) is 19.5. The summed E-state index contributed by atoms with van der Waals surface area (Å²) in [5.74, 6) is -0.380. The Bertz CT molecular complexity index is 817. The summed E-state index contributed by atoms with van der Waals surface area (Å²) in [6.45, 7) is 3.82. The van der Waals surface area contributed by atoms with Gasteiger partial charge in [-0.1, -0.05) is 35.9 Å². The van der Waals surface area contributed by atoms with Gasteiger partial charge in [-0.3, -0.25) is 4.79 Å². The number of hydrogen-bond acceptors (Lipinski definition) is 4. The summed E-state index contributed by atoms with van der Waals surface area (Å²) in [7, 11) is 0. The molecule has 0 aliphatic carbocycles. The minimum Gasteiger partial charge on any atom is -0.493 e. The number of para-hydroxylation sites is 1. The second-order valence-corrected chi connectivity index (χ2v) is 5.78. The van der Waals surface area contributed by atoms with Gasteiger partial charge in [0.15, 0.2) is 6.61 Å². The summed E-state index contributed by atoms with van der Waals surface area (Å²) >= 11 is 6.00. The molecule has 0 aliphatic heterocycles. The molecule has 0 saturated heterocycles. The molecule has 0 atom stereocenters. The van der Waals surface area contributed by atoms with Crippen LogP contribution in [0.3, 0.4) is 0 Å². The lowest BCUT2D eigenvalue weighted by Gasteiger charge is -2.09. The zero-order valence-corrected chi connectivity index (χ0v) is 15.4. The van der Waals surface area contributed by atoms with Gasteiger partial charge in [-0.15, -0.1) is 0 Å². The molecule has 5 nitrogen and oxygen atoms in total. The van der Waals surface area contributed by atoms with Crippen molar-refractivity contribution in [2.75, 3.05) is 18.5 Å². The van der Waals surface area contributed by atoms with Gasteiger partial charge < -0.3 is 14.8 Å². The lowest BCUT2D eigenvalue weighted by Crippen LogP contribution is -2.20. The van der Waals surface area contributed by atoms with Gasteiger partial charge in [-0.25, -0.2) is 4.79 Å². The molecule has 1 N–H and O–H groups in total. The van der Waals surface area contributed by atoms with E-state index in [0.29, 0.717) is 23.1 Å². The number of benzene rings is 2. The van der Waals surface area contributed by atoms with Crippen LogP contribution in [0.5, 0.6) is 5.75 Å². The van der Waals surface area contributed by atoms with Crippen LogP contribution in [-0.4, -0.2) is 25.1 Å². The third kappa shape index (κ3) is 5.63. The highest BCUT2D eigenvalue weighted by molar-refractivity contribution is 6.31. The molecular formula is C20H20ClNO4. The topological polar surface area (TPSA) is 64.6 Å². The molecule has 0 fully saturated rings. The smallest absolute Gasteiger partial charge is 0.331 e. The molecule has 1 amide bonds. The van der Waals surface area contributed by atoms with Gasteiger partial charge in [0, 0.05) is 22.3 Å². The minimum absolute atomic E-state index is 0.387. The summed E-state index contributed by atoms with van der Waals surface area (Å²) in [5.41, 5.74) is 2.09. The summed E-state index contributed by atoms with van der Waals surface area (Å²) in [4.78, 5) is 23.7. The van der Waals surface area contributed by atoms with Gasteiger partial charge in [-0.2, -0.15) is 0 Å². The van der Waals surface area contributed by atoms with Crippen molar-refractivity contribution in [1.82, 2.24) is 0 Å². The largest absolute Gasteiger partial charge is 0.493 e. The first-order valence-electron chi connectivity index (χ1n) is 8.13. The quantitative estimate of drug-likeness (QED) is 0.582. The number of nitrogens with one attached hydrogen (secondary N) is 1. The van der Waals surface area contributed by atoms with Gasteiger partial charge in [0.2, 0.25) is 0 Å². The fraction of sp³-hybridized carbons (Fsp3) is 0.200. The number of carbonyl (C=O) groups excluding carboxylic acids is 2. The van der Waals surface area contributed by atoms with E-state index < -0.39 is 11.9 Å². The van der Waals surface area contributed by atoms with Gasteiger partial charge in [0.25, 0.3) is 5.91 Å². The van der Waals surface area contributed by atoms with E-state index >= 15 is 0 Å². The van der Waals surface area contributed by atoms with Crippen molar-refractivity contribution >= 4 is 35.2 Å². The molecule has 0 heterocycles. The van der Waals surface area contributed by atoms with Crippen LogP contribution in [0.15, 0.2) is 48.5 Å². The number of halogens is 1. The first-order chi connectivity index (χ1) is 12.5. The van der Waals surface area contributed by atoms with Crippen LogP contribution >= 0.6 is 11.6 Å². The highest BCUT2D eigenvalue weighted by Crippen LogP contribution is 2.23. The van der Waals surface area contributed by atoms with Crippen LogP contribution < -0.4 is 10.1 Å². The zero-order chi connectivity index (χ0) is 18.9. The molecule has 2 rings (SSSR count). The molecule has 6 heteroatoms. The van der Waals surface area contributed by atoms with Crippen LogP contribution in [-0.2, 0) is 14.3 Å². The van der Waals surface area contributed by atoms with E-state index in [9.17, 15) is 9.59 Å². The van der Waals surface area contributed by atoms with E-state index in [2.05, 4.69) is 5.32 Å². The Morgan fingerprint density at radius 1 is 1.15 bits per heavy atom. The van der Waals surface area contributed by atoms with E-state index in [4.69, 9.17) is 21.1 Å². The average Bonchev–Trinajstić information content (AvgIpc) is 2.63. The fourth-order valence-electron chi connectivity index (χ4n) is 2.18. The summed E-state index contributed by atoms with van der Waals surface area (Å²) in [6, 6.07) is 12.5. The maximum atomic E-state index is 11.9. The van der Waals surface area contributed by atoms with Gasteiger partial charge in [0.05, 0.1) is 6.61 Å². The van der Waals surface area contributed by atoms with Gasteiger partial charge in [-0.05, 0) is 43.7 Å². The number of hydrogen-bond donors (Lipinski definition) is 1. The Kier molecular flexibility index (Phi) is 7.24. The fourth-order valence-corrected chi connectivity index (χ4v) is 2.35. The lowest BCUT2D eigenvalue weighted by atomic mass is 10.2. The summed E-state index contributed by atoms with van der Waals surface area (Å²) < 4.78 is 10.4. The number of rotatable bonds is 7. The maximum Gasteiger partial charge on any atom is 0.331 e. The van der Waals surface area contributed by atoms with Crippen LogP contribution in [0.2, 0.25) is 5.02 Å². The van der Waals surface area contributed by atoms with Crippen LogP contribution in [0, 0.1) is 6.92 Å². The molecule has 0 radical (unpaired) electrons. The monoisotopic (exact) mass is 373 g/mol. The Hall–Kier alpha value is -2.79. The molecule has 0 aromatic heterocycles. The number of anilines is 1. The molecule has 0 spiro atoms. The van der Waals surface area contributed by atoms with Crippen molar-refractivity contribution in [3.63, 3.8) is 0 Å². The lowest BCUT2D eigenvalue weighted by molar-refractivity contribution is -0.142. The summed E-state index contributed by atoms with van der Waals surface area (Å²) in [6.07, 6.45) is 2.85. The predicted octanol–water partition coefficient (Wildman–Crippen LogP) is 4.24.